The van der Waals surface area contributed by atoms with E-state index in [2.05, 4.69) is 19.1 Å². The van der Waals surface area contributed by atoms with Gasteiger partial charge in [0.25, 0.3) is 0 Å². The average molecular weight is 220 g/mol. The zero-order valence-electron chi connectivity index (χ0n) is 10.9. The topological polar surface area (TPSA) is 29.5 Å². The van der Waals surface area contributed by atoms with Crippen LogP contribution in [0, 0.1) is 6.92 Å². The average Bonchev–Trinajstić information content (AvgIpc) is 2.15. The molecular formula is C13H21BO2. The quantitative estimate of drug-likeness (QED) is 0.780. The molecule has 1 aromatic carbocycles. The second-order valence-corrected chi connectivity index (χ2v) is 5.28. The maximum absolute atomic E-state index is 9.97. The van der Waals surface area contributed by atoms with Gasteiger partial charge in [-0.15, -0.1) is 0 Å². The minimum atomic E-state index is -0.852. The number of aryl methyl sites for hydroxylation is 1. The van der Waals surface area contributed by atoms with E-state index in [9.17, 15) is 5.11 Å². The molecule has 0 aliphatic heterocycles. The highest BCUT2D eigenvalue weighted by molar-refractivity contribution is 6.47. The van der Waals surface area contributed by atoms with Crippen LogP contribution >= 0.6 is 0 Å². The van der Waals surface area contributed by atoms with Crippen LogP contribution in [0.2, 0.25) is 0 Å². The molecule has 0 aromatic heterocycles. The maximum Gasteiger partial charge on any atom is 0.309 e. The molecule has 0 heterocycles. The summed E-state index contributed by atoms with van der Waals surface area (Å²) in [7, 11) is 0.531. The predicted octanol–water partition coefficient (Wildman–Crippen LogP) is 1.54. The number of benzene rings is 1. The van der Waals surface area contributed by atoms with Crippen LogP contribution in [0.5, 0.6) is 0 Å². The molecule has 0 saturated heterocycles. The standard InChI is InChI=1S/C13H21BO2/c1-10-8-6-7-9-11(10)14-16-13(4,5)12(2,3)15/h6-9,14-15H,1-5H3. The van der Waals surface area contributed by atoms with Crippen molar-refractivity contribution < 1.29 is 9.76 Å². The first-order valence-corrected chi connectivity index (χ1v) is 5.65. The third-order valence-corrected chi connectivity index (χ3v) is 3.32. The van der Waals surface area contributed by atoms with Crippen molar-refractivity contribution in [3.8, 4) is 0 Å². The highest BCUT2D eigenvalue weighted by Gasteiger charge is 2.35. The monoisotopic (exact) mass is 220 g/mol. The van der Waals surface area contributed by atoms with Crippen molar-refractivity contribution in [3.05, 3.63) is 29.8 Å². The summed E-state index contributed by atoms with van der Waals surface area (Å²) >= 11 is 0. The summed E-state index contributed by atoms with van der Waals surface area (Å²) in [5.74, 6) is 0. The van der Waals surface area contributed by atoms with Crippen LogP contribution in [-0.4, -0.2) is 23.8 Å². The second kappa shape index (κ2) is 4.60. The van der Waals surface area contributed by atoms with Crippen LogP contribution in [0.15, 0.2) is 24.3 Å². The fourth-order valence-electron chi connectivity index (χ4n) is 1.21. The molecule has 1 N–H and O–H groups in total. The van der Waals surface area contributed by atoms with Gasteiger partial charge in [-0.3, -0.25) is 0 Å². The van der Waals surface area contributed by atoms with Gasteiger partial charge in [-0.05, 0) is 40.1 Å². The highest BCUT2D eigenvalue weighted by atomic mass is 16.5. The first-order chi connectivity index (χ1) is 7.24. The van der Waals surface area contributed by atoms with E-state index in [1.54, 1.807) is 13.8 Å². The lowest BCUT2D eigenvalue weighted by Crippen LogP contribution is -2.49. The van der Waals surface area contributed by atoms with Crippen LogP contribution in [-0.2, 0) is 4.65 Å². The largest absolute Gasteiger partial charge is 0.427 e. The van der Waals surface area contributed by atoms with E-state index in [-0.39, 0.29) is 0 Å². The number of hydrogen-bond acceptors (Lipinski definition) is 2. The third-order valence-electron chi connectivity index (χ3n) is 3.32. The van der Waals surface area contributed by atoms with Crippen molar-refractivity contribution in [1.82, 2.24) is 0 Å². The van der Waals surface area contributed by atoms with Gasteiger partial charge in [-0.2, -0.15) is 0 Å². The van der Waals surface area contributed by atoms with Gasteiger partial charge in [0.2, 0.25) is 0 Å². The van der Waals surface area contributed by atoms with E-state index in [0.717, 1.165) is 0 Å². The molecule has 0 aliphatic rings. The first kappa shape index (κ1) is 13.3. The zero-order valence-corrected chi connectivity index (χ0v) is 10.9. The molecule has 16 heavy (non-hydrogen) atoms. The van der Waals surface area contributed by atoms with Gasteiger partial charge in [0.05, 0.1) is 11.2 Å². The Kier molecular flexibility index (Phi) is 3.82. The fraction of sp³-hybridized carbons (Fsp3) is 0.538. The van der Waals surface area contributed by atoms with Gasteiger partial charge < -0.3 is 9.76 Å². The summed E-state index contributed by atoms with van der Waals surface area (Å²) < 4.78 is 5.81. The van der Waals surface area contributed by atoms with Crippen molar-refractivity contribution in [2.75, 3.05) is 0 Å². The van der Waals surface area contributed by atoms with Gasteiger partial charge in [-0.25, -0.2) is 0 Å². The molecule has 0 bridgehead atoms. The Labute approximate surface area is 98.9 Å². The van der Waals surface area contributed by atoms with Crippen LogP contribution < -0.4 is 5.46 Å². The Morgan fingerprint density at radius 2 is 1.69 bits per heavy atom. The summed E-state index contributed by atoms with van der Waals surface area (Å²) in [6, 6.07) is 8.13. The SMILES string of the molecule is Cc1ccccc1BOC(C)(C)C(C)(C)O. The van der Waals surface area contributed by atoms with Gasteiger partial charge in [0.1, 0.15) is 0 Å². The van der Waals surface area contributed by atoms with Crippen LogP contribution in [0.3, 0.4) is 0 Å². The summed E-state index contributed by atoms with van der Waals surface area (Å²) in [6.45, 7) is 9.42. The van der Waals surface area contributed by atoms with Gasteiger partial charge in [-0.1, -0.05) is 29.8 Å². The summed E-state index contributed by atoms with van der Waals surface area (Å²) in [5.41, 5.74) is 0.971. The predicted molar refractivity (Wildman–Crippen MR) is 69.4 cm³/mol. The molecule has 3 heteroatoms. The summed E-state index contributed by atoms with van der Waals surface area (Å²) in [6.07, 6.45) is 0. The van der Waals surface area contributed by atoms with Crippen molar-refractivity contribution in [3.63, 3.8) is 0 Å². The van der Waals surface area contributed by atoms with E-state index < -0.39 is 11.2 Å². The van der Waals surface area contributed by atoms with Crippen molar-refractivity contribution in [2.45, 2.75) is 45.8 Å². The molecule has 2 nitrogen and oxygen atoms in total. The molecule has 1 rings (SSSR count). The fourth-order valence-corrected chi connectivity index (χ4v) is 1.21. The van der Waals surface area contributed by atoms with Crippen molar-refractivity contribution in [2.24, 2.45) is 0 Å². The van der Waals surface area contributed by atoms with Gasteiger partial charge in [0, 0.05) is 0 Å². The molecule has 0 fully saturated rings. The highest BCUT2D eigenvalue weighted by Crippen LogP contribution is 2.24. The first-order valence-electron chi connectivity index (χ1n) is 5.65. The number of hydrogen-bond donors (Lipinski definition) is 1. The summed E-state index contributed by atoms with van der Waals surface area (Å²) in [4.78, 5) is 0. The molecule has 0 atom stereocenters. The molecule has 0 saturated carbocycles. The normalized spacial score (nSPS) is 12.6. The Bertz CT molecular complexity index is 353. The molecule has 0 spiro atoms. The molecule has 0 unspecified atom stereocenters. The molecule has 88 valence electrons. The molecule has 0 amide bonds. The van der Waals surface area contributed by atoms with Crippen LogP contribution in [0.25, 0.3) is 0 Å². The Balaban J connectivity index is 2.69. The van der Waals surface area contributed by atoms with E-state index in [1.165, 1.54) is 11.0 Å². The van der Waals surface area contributed by atoms with E-state index in [1.807, 2.05) is 26.0 Å². The lowest BCUT2D eigenvalue weighted by Gasteiger charge is -2.37. The number of rotatable bonds is 4. The van der Waals surface area contributed by atoms with Gasteiger partial charge in [0.15, 0.2) is 0 Å². The lowest BCUT2D eigenvalue weighted by atomic mass is 9.80. The smallest absolute Gasteiger partial charge is 0.309 e. The van der Waals surface area contributed by atoms with E-state index in [0.29, 0.717) is 7.48 Å². The Morgan fingerprint density at radius 3 is 2.19 bits per heavy atom. The minimum absolute atomic E-state index is 0.531. The Hall–Kier alpha value is -0.795. The minimum Gasteiger partial charge on any atom is -0.427 e. The maximum atomic E-state index is 9.97. The zero-order chi connectivity index (χ0) is 12.4. The molecule has 0 radical (unpaired) electrons. The summed E-state index contributed by atoms with van der Waals surface area (Å²) in [5, 5.41) is 9.97. The third kappa shape index (κ3) is 3.10. The Morgan fingerprint density at radius 1 is 1.12 bits per heavy atom. The van der Waals surface area contributed by atoms with E-state index >= 15 is 0 Å². The molecule has 1 aromatic rings. The van der Waals surface area contributed by atoms with Crippen LogP contribution in [0.1, 0.15) is 33.3 Å². The van der Waals surface area contributed by atoms with Crippen molar-refractivity contribution >= 4 is 12.9 Å². The number of aliphatic hydroxyl groups is 1. The van der Waals surface area contributed by atoms with Crippen molar-refractivity contribution in [1.29, 1.82) is 0 Å². The van der Waals surface area contributed by atoms with Gasteiger partial charge >= 0.3 is 7.48 Å². The van der Waals surface area contributed by atoms with E-state index in [4.69, 9.17) is 4.65 Å². The molecular weight excluding hydrogens is 199 g/mol. The lowest BCUT2D eigenvalue weighted by molar-refractivity contribution is -0.0893. The second-order valence-electron chi connectivity index (χ2n) is 5.28. The van der Waals surface area contributed by atoms with Crippen LogP contribution in [0.4, 0.5) is 0 Å². The molecule has 0 aliphatic carbocycles.